The van der Waals surface area contributed by atoms with Crippen LogP contribution < -0.4 is 11.1 Å². The number of hydrogen-bond donors (Lipinski definition) is 3. The van der Waals surface area contributed by atoms with Crippen LogP contribution in [0.25, 0.3) is 0 Å². The molecule has 4 N–H and O–H groups in total. The number of nitrogens with one attached hydrogen (secondary N) is 2. The predicted molar refractivity (Wildman–Crippen MR) is 84.0 cm³/mol. The number of carbonyl (C=O) groups is 1. The molecule has 0 bridgehead atoms. The molecule has 1 aromatic rings. The van der Waals surface area contributed by atoms with E-state index in [0.29, 0.717) is 16.6 Å². The number of nitrogen functional groups attached to an aromatic ring is 1. The van der Waals surface area contributed by atoms with Gasteiger partial charge in [0, 0.05) is 11.3 Å². The van der Waals surface area contributed by atoms with Gasteiger partial charge in [-0.1, -0.05) is 19.8 Å². The number of aryl methyl sites for hydroxylation is 1. The molecule has 1 amide bonds. The molecule has 1 aliphatic carbocycles. The lowest BCUT2D eigenvalue weighted by Gasteiger charge is -2.28. The molecule has 0 aliphatic heterocycles. The third-order valence-electron chi connectivity index (χ3n) is 3.89. The first kappa shape index (κ1) is 15.2. The number of carbonyl (C=O) groups excluding carboxylic acids is 1. The number of rotatable bonds is 5. The first-order valence-electron chi connectivity index (χ1n) is 7.32. The van der Waals surface area contributed by atoms with Gasteiger partial charge in [-0.2, -0.15) is 16.9 Å². The lowest BCUT2D eigenvalue weighted by atomic mass is 9.95. The fourth-order valence-corrected chi connectivity index (χ4v) is 3.57. The average Bonchev–Trinajstić information content (AvgIpc) is 2.81. The van der Waals surface area contributed by atoms with E-state index in [1.807, 2.05) is 11.8 Å². The third-order valence-corrected chi connectivity index (χ3v) is 4.99. The van der Waals surface area contributed by atoms with Crippen LogP contribution in [0.1, 0.15) is 55.2 Å². The highest BCUT2D eigenvalue weighted by Gasteiger charge is 2.25. The van der Waals surface area contributed by atoms with Crippen LogP contribution >= 0.6 is 11.8 Å². The number of nitrogens with two attached hydrogens (primary N) is 1. The highest BCUT2D eigenvalue weighted by molar-refractivity contribution is 7.99. The van der Waals surface area contributed by atoms with Gasteiger partial charge in [-0.05, 0) is 31.9 Å². The topological polar surface area (TPSA) is 83.8 Å². The molecule has 2 atom stereocenters. The Morgan fingerprint density at radius 1 is 1.55 bits per heavy atom. The maximum atomic E-state index is 12.3. The van der Waals surface area contributed by atoms with Crippen molar-refractivity contribution < 1.29 is 4.79 Å². The monoisotopic (exact) mass is 296 g/mol. The molecule has 1 heterocycles. The summed E-state index contributed by atoms with van der Waals surface area (Å²) < 4.78 is 0. The third kappa shape index (κ3) is 3.48. The number of hydrogen-bond acceptors (Lipinski definition) is 4. The highest BCUT2D eigenvalue weighted by Crippen LogP contribution is 2.27. The van der Waals surface area contributed by atoms with E-state index in [2.05, 4.69) is 28.7 Å². The van der Waals surface area contributed by atoms with Crippen LogP contribution in [0.5, 0.6) is 0 Å². The molecule has 2 unspecified atom stereocenters. The van der Waals surface area contributed by atoms with Gasteiger partial charge in [0.05, 0.1) is 11.4 Å². The van der Waals surface area contributed by atoms with Gasteiger partial charge in [-0.3, -0.25) is 9.89 Å². The van der Waals surface area contributed by atoms with E-state index in [4.69, 9.17) is 5.73 Å². The molecular weight excluding hydrogens is 272 g/mol. The Hall–Kier alpha value is -1.17. The summed E-state index contributed by atoms with van der Waals surface area (Å²) in [6.07, 6.45) is 8.45. The molecule has 112 valence electrons. The molecule has 1 fully saturated rings. The number of thioether (sulfide) groups is 1. The van der Waals surface area contributed by atoms with Crippen LogP contribution in [0.4, 0.5) is 5.69 Å². The zero-order valence-corrected chi connectivity index (χ0v) is 13.1. The lowest BCUT2D eigenvalue weighted by molar-refractivity contribution is 0.0924. The van der Waals surface area contributed by atoms with Gasteiger partial charge in [-0.15, -0.1) is 0 Å². The standard InChI is InChI=1S/C14H24N4OS/c1-3-5-11-12(15)13(18-17-11)14(19)16-9-6-4-7-10(8-9)20-2/h9-10H,3-8,15H2,1-2H3,(H,16,19)(H,17,18). The van der Waals surface area contributed by atoms with E-state index in [1.165, 1.54) is 12.8 Å². The van der Waals surface area contributed by atoms with E-state index < -0.39 is 0 Å². The van der Waals surface area contributed by atoms with Crippen molar-refractivity contribution in [2.45, 2.75) is 56.7 Å². The van der Waals surface area contributed by atoms with Crippen LogP contribution in [0.3, 0.4) is 0 Å². The second-order valence-corrected chi connectivity index (χ2v) is 6.55. The summed E-state index contributed by atoms with van der Waals surface area (Å²) >= 11 is 1.89. The summed E-state index contributed by atoms with van der Waals surface area (Å²) in [5.74, 6) is -0.146. The van der Waals surface area contributed by atoms with E-state index in [0.717, 1.165) is 31.4 Å². The normalized spacial score (nSPS) is 22.7. The predicted octanol–water partition coefficient (Wildman–Crippen LogP) is 2.35. The van der Waals surface area contributed by atoms with Gasteiger partial charge in [0.15, 0.2) is 5.69 Å². The Labute approximate surface area is 124 Å². The van der Waals surface area contributed by atoms with Crippen LogP contribution in [0.15, 0.2) is 0 Å². The van der Waals surface area contributed by atoms with E-state index in [-0.39, 0.29) is 11.9 Å². The minimum Gasteiger partial charge on any atom is -0.395 e. The van der Waals surface area contributed by atoms with Gasteiger partial charge in [0.2, 0.25) is 0 Å². The first-order chi connectivity index (χ1) is 9.65. The maximum absolute atomic E-state index is 12.3. The summed E-state index contributed by atoms with van der Waals surface area (Å²) in [6.45, 7) is 2.07. The fraction of sp³-hybridized carbons (Fsp3) is 0.714. The molecule has 0 spiro atoms. The second-order valence-electron chi connectivity index (χ2n) is 5.41. The molecule has 1 aromatic heterocycles. The largest absolute Gasteiger partial charge is 0.395 e. The quantitative estimate of drug-likeness (QED) is 0.779. The van der Waals surface area contributed by atoms with Gasteiger partial charge >= 0.3 is 0 Å². The second kappa shape index (κ2) is 7.02. The van der Waals surface area contributed by atoms with Gasteiger partial charge in [0.25, 0.3) is 5.91 Å². The minimum absolute atomic E-state index is 0.146. The number of H-pyrrole nitrogens is 1. The fourth-order valence-electron chi connectivity index (χ4n) is 2.74. The number of anilines is 1. The summed E-state index contributed by atoms with van der Waals surface area (Å²) in [5, 5.41) is 10.7. The number of amides is 1. The van der Waals surface area contributed by atoms with Gasteiger partial charge in [0.1, 0.15) is 0 Å². The molecule has 6 heteroatoms. The van der Waals surface area contributed by atoms with E-state index >= 15 is 0 Å². The number of aromatic amines is 1. The molecule has 0 radical (unpaired) electrons. The van der Waals surface area contributed by atoms with Crippen molar-refractivity contribution in [1.29, 1.82) is 0 Å². The summed E-state index contributed by atoms with van der Waals surface area (Å²) in [6, 6.07) is 0.249. The van der Waals surface area contributed by atoms with Crippen molar-refractivity contribution in [3.05, 3.63) is 11.4 Å². The van der Waals surface area contributed by atoms with Crippen molar-refractivity contribution in [3.8, 4) is 0 Å². The SMILES string of the molecule is CCCc1[nH]nc(C(=O)NC2CCCC(SC)C2)c1N. The molecule has 1 aliphatic rings. The van der Waals surface area contributed by atoms with Crippen molar-refractivity contribution in [2.75, 3.05) is 12.0 Å². The molecular formula is C14H24N4OS. The maximum Gasteiger partial charge on any atom is 0.274 e. The zero-order chi connectivity index (χ0) is 14.5. The average molecular weight is 296 g/mol. The molecule has 1 saturated carbocycles. The van der Waals surface area contributed by atoms with Crippen molar-refractivity contribution in [3.63, 3.8) is 0 Å². The minimum atomic E-state index is -0.146. The summed E-state index contributed by atoms with van der Waals surface area (Å²) in [4.78, 5) is 12.3. The Morgan fingerprint density at radius 2 is 2.35 bits per heavy atom. The molecule has 5 nitrogen and oxygen atoms in total. The Kier molecular flexibility index (Phi) is 5.34. The Bertz CT molecular complexity index is 460. The zero-order valence-electron chi connectivity index (χ0n) is 12.2. The summed E-state index contributed by atoms with van der Waals surface area (Å²) in [7, 11) is 0. The highest BCUT2D eigenvalue weighted by atomic mass is 32.2. The number of nitrogens with zero attached hydrogens (tertiary/aromatic N) is 1. The molecule has 2 rings (SSSR count). The van der Waals surface area contributed by atoms with Gasteiger partial charge < -0.3 is 11.1 Å². The Morgan fingerprint density at radius 3 is 3.05 bits per heavy atom. The van der Waals surface area contributed by atoms with Crippen LogP contribution in [-0.2, 0) is 6.42 Å². The van der Waals surface area contributed by atoms with Crippen molar-refractivity contribution in [1.82, 2.24) is 15.5 Å². The van der Waals surface area contributed by atoms with Crippen molar-refractivity contribution in [2.24, 2.45) is 0 Å². The van der Waals surface area contributed by atoms with Gasteiger partial charge in [-0.25, -0.2) is 0 Å². The number of aromatic nitrogens is 2. The van der Waals surface area contributed by atoms with Crippen LogP contribution in [0.2, 0.25) is 0 Å². The van der Waals surface area contributed by atoms with E-state index in [1.54, 1.807) is 0 Å². The van der Waals surface area contributed by atoms with Crippen molar-refractivity contribution >= 4 is 23.4 Å². The first-order valence-corrected chi connectivity index (χ1v) is 8.60. The Balaban J connectivity index is 1.97. The summed E-state index contributed by atoms with van der Waals surface area (Å²) in [5.41, 5.74) is 7.70. The lowest BCUT2D eigenvalue weighted by Crippen LogP contribution is -2.39. The van der Waals surface area contributed by atoms with Crippen LogP contribution in [-0.4, -0.2) is 33.7 Å². The van der Waals surface area contributed by atoms with E-state index in [9.17, 15) is 4.79 Å². The van der Waals surface area contributed by atoms with Crippen LogP contribution in [0, 0.1) is 0 Å². The smallest absolute Gasteiger partial charge is 0.274 e. The molecule has 20 heavy (non-hydrogen) atoms. The molecule has 0 saturated heterocycles. The molecule has 0 aromatic carbocycles.